The molecular formula is C11H13NO5S. The number of rotatable bonds is 5. The number of nitrogens with one attached hydrogen (secondary N) is 1. The molecule has 1 aromatic carbocycles. The number of aliphatic carboxylic acids is 1. The van der Waals surface area contributed by atoms with Crippen molar-refractivity contribution in [1.29, 1.82) is 0 Å². The van der Waals surface area contributed by atoms with Gasteiger partial charge in [0.2, 0.25) is 10.0 Å². The van der Waals surface area contributed by atoms with E-state index in [-0.39, 0.29) is 10.7 Å². The van der Waals surface area contributed by atoms with Crippen LogP contribution in [-0.4, -0.2) is 31.3 Å². The fourth-order valence-corrected chi connectivity index (χ4v) is 2.42. The van der Waals surface area contributed by atoms with Crippen molar-refractivity contribution in [3.05, 3.63) is 29.8 Å². The molecular weight excluding hydrogens is 258 g/mol. The molecule has 7 heteroatoms. The summed E-state index contributed by atoms with van der Waals surface area (Å²) in [6.45, 7) is 2.60. The van der Waals surface area contributed by atoms with E-state index in [2.05, 4.69) is 0 Å². The third-order valence-electron chi connectivity index (χ3n) is 2.27. The smallest absolute Gasteiger partial charge is 0.321 e. The molecule has 0 aromatic heterocycles. The van der Waals surface area contributed by atoms with Crippen LogP contribution in [0.15, 0.2) is 29.2 Å². The van der Waals surface area contributed by atoms with Gasteiger partial charge in [-0.2, -0.15) is 4.72 Å². The van der Waals surface area contributed by atoms with Crippen LogP contribution < -0.4 is 4.72 Å². The van der Waals surface area contributed by atoms with E-state index in [0.717, 1.165) is 0 Å². The lowest BCUT2D eigenvalue weighted by Gasteiger charge is -2.10. The Balaban J connectivity index is 2.99. The van der Waals surface area contributed by atoms with Gasteiger partial charge in [-0.15, -0.1) is 0 Å². The van der Waals surface area contributed by atoms with E-state index < -0.39 is 22.0 Å². The summed E-state index contributed by atoms with van der Waals surface area (Å²) in [5.74, 6) is -1.44. The predicted molar refractivity (Wildman–Crippen MR) is 63.9 cm³/mol. The first kappa shape index (κ1) is 14.3. The molecule has 0 aliphatic rings. The highest BCUT2D eigenvalue weighted by Crippen LogP contribution is 2.11. The maximum absolute atomic E-state index is 11.8. The molecule has 0 heterocycles. The summed E-state index contributed by atoms with van der Waals surface area (Å²) in [7, 11) is -3.89. The van der Waals surface area contributed by atoms with Gasteiger partial charge >= 0.3 is 5.97 Å². The largest absolute Gasteiger partial charge is 0.480 e. The molecule has 0 aliphatic carbocycles. The third kappa shape index (κ3) is 3.38. The monoisotopic (exact) mass is 271 g/mol. The first-order valence-corrected chi connectivity index (χ1v) is 6.58. The number of carbonyl (C=O) groups is 2. The molecule has 1 rings (SSSR count). The molecule has 1 atom stereocenters. The second kappa shape index (κ2) is 5.28. The van der Waals surface area contributed by atoms with E-state index in [0.29, 0.717) is 5.56 Å². The van der Waals surface area contributed by atoms with Crippen molar-refractivity contribution < 1.29 is 23.1 Å². The van der Waals surface area contributed by atoms with Crippen molar-refractivity contribution in [1.82, 2.24) is 4.72 Å². The molecule has 98 valence electrons. The Morgan fingerprint density at radius 1 is 1.22 bits per heavy atom. The molecule has 0 saturated heterocycles. The normalized spacial score (nSPS) is 13.0. The van der Waals surface area contributed by atoms with E-state index in [1.165, 1.54) is 38.1 Å². The third-order valence-corrected chi connectivity index (χ3v) is 3.83. The number of benzene rings is 1. The second-order valence-corrected chi connectivity index (χ2v) is 5.48. The number of Topliss-reactive ketones (excluding diaryl/α,β-unsaturated/α-hetero) is 1. The highest BCUT2D eigenvalue weighted by Gasteiger charge is 2.21. The number of hydrogen-bond donors (Lipinski definition) is 2. The molecule has 2 N–H and O–H groups in total. The maximum Gasteiger partial charge on any atom is 0.321 e. The molecule has 1 unspecified atom stereocenters. The van der Waals surface area contributed by atoms with Crippen LogP contribution in [0, 0.1) is 0 Å². The zero-order valence-electron chi connectivity index (χ0n) is 9.88. The Labute approximate surface area is 105 Å². The number of sulfonamides is 1. The predicted octanol–water partition coefficient (Wildman–Crippen LogP) is 0.641. The Morgan fingerprint density at radius 3 is 2.11 bits per heavy atom. The number of carbonyl (C=O) groups excluding carboxylic acids is 1. The van der Waals surface area contributed by atoms with E-state index in [9.17, 15) is 18.0 Å². The van der Waals surface area contributed by atoms with Gasteiger partial charge in [0.25, 0.3) is 0 Å². The molecule has 18 heavy (non-hydrogen) atoms. The van der Waals surface area contributed by atoms with Crippen LogP contribution in [0.2, 0.25) is 0 Å². The fourth-order valence-electron chi connectivity index (χ4n) is 1.22. The standard InChI is InChI=1S/C11H13NO5S/c1-7(11(14)15)12-18(16,17)10-5-3-9(4-6-10)8(2)13/h3-7,12H,1-2H3,(H,14,15). The minimum atomic E-state index is -3.89. The molecule has 6 nitrogen and oxygen atoms in total. The first-order chi connectivity index (χ1) is 8.24. The number of carboxylic acids is 1. The average molecular weight is 271 g/mol. The Morgan fingerprint density at radius 2 is 1.72 bits per heavy atom. The lowest BCUT2D eigenvalue weighted by molar-refractivity contribution is -0.138. The maximum atomic E-state index is 11.8. The van der Waals surface area contributed by atoms with Gasteiger partial charge in [0.1, 0.15) is 6.04 Å². The van der Waals surface area contributed by atoms with E-state index >= 15 is 0 Å². The summed E-state index contributed by atoms with van der Waals surface area (Å²) in [6, 6.07) is 4.05. The van der Waals surface area contributed by atoms with Crippen LogP contribution >= 0.6 is 0 Å². The number of hydrogen-bond acceptors (Lipinski definition) is 4. The molecule has 0 saturated carbocycles. The van der Waals surface area contributed by atoms with Crippen molar-refractivity contribution in [3.63, 3.8) is 0 Å². The molecule has 0 amide bonds. The molecule has 0 aliphatic heterocycles. The minimum absolute atomic E-state index is 0.0828. The van der Waals surface area contributed by atoms with Gasteiger partial charge in [0.05, 0.1) is 4.90 Å². The van der Waals surface area contributed by atoms with Crippen LogP contribution in [-0.2, 0) is 14.8 Å². The van der Waals surface area contributed by atoms with E-state index in [1.54, 1.807) is 0 Å². The minimum Gasteiger partial charge on any atom is -0.480 e. The zero-order chi connectivity index (χ0) is 13.9. The number of ketones is 1. The fraction of sp³-hybridized carbons (Fsp3) is 0.273. The van der Waals surface area contributed by atoms with Gasteiger partial charge in [0, 0.05) is 5.56 Å². The van der Waals surface area contributed by atoms with E-state index in [4.69, 9.17) is 5.11 Å². The lowest BCUT2D eigenvalue weighted by atomic mass is 10.2. The molecule has 1 aromatic rings. The second-order valence-electron chi connectivity index (χ2n) is 3.76. The lowest BCUT2D eigenvalue weighted by Crippen LogP contribution is -2.38. The van der Waals surface area contributed by atoms with Gasteiger partial charge in [-0.3, -0.25) is 9.59 Å². The highest BCUT2D eigenvalue weighted by molar-refractivity contribution is 7.89. The highest BCUT2D eigenvalue weighted by atomic mass is 32.2. The summed E-state index contributed by atoms with van der Waals surface area (Å²) in [4.78, 5) is 21.5. The summed E-state index contributed by atoms with van der Waals surface area (Å²) in [6.07, 6.45) is 0. The van der Waals surface area contributed by atoms with Crippen LogP contribution in [0.4, 0.5) is 0 Å². The quantitative estimate of drug-likeness (QED) is 0.765. The molecule has 0 bridgehead atoms. The summed E-state index contributed by atoms with van der Waals surface area (Å²) < 4.78 is 25.5. The Kier molecular flexibility index (Phi) is 4.20. The van der Waals surface area contributed by atoms with Crippen molar-refractivity contribution in [2.45, 2.75) is 24.8 Å². The average Bonchev–Trinajstić information content (AvgIpc) is 2.28. The van der Waals surface area contributed by atoms with Crippen LogP contribution in [0.1, 0.15) is 24.2 Å². The van der Waals surface area contributed by atoms with Crippen LogP contribution in [0.5, 0.6) is 0 Å². The molecule has 0 spiro atoms. The van der Waals surface area contributed by atoms with Crippen molar-refractivity contribution >= 4 is 21.8 Å². The van der Waals surface area contributed by atoms with Gasteiger partial charge in [0.15, 0.2) is 5.78 Å². The summed E-state index contributed by atoms with van der Waals surface area (Å²) >= 11 is 0. The van der Waals surface area contributed by atoms with Gasteiger partial charge in [-0.25, -0.2) is 8.42 Å². The topological polar surface area (TPSA) is 101 Å². The van der Waals surface area contributed by atoms with Crippen molar-refractivity contribution in [2.24, 2.45) is 0 Å². The van der Waals surface area contributed by atoms with Crippen LogP contribution in [0.3, 0.4) is 0 Å². The zero-order valence-corrected chi connectivity index (χ0v) is 10.7. The SMILES string of the molecule is CC(=O)c1ccc(S(=O)(=O)NC(C)C(=O)O)cc1. The molecule has 0 fully saturated rings. The van der Waals surface area contributed by atoms with Gasteiger partial charge in [-0.05, 0) is 26.0 Å². The Hall–Kier alpha value is -1.73. The Bertz CT molecular complexity index is 562. The van der Waals surface area contributed by atoms with Crippen molar-refractivity contribution in [3.8, 4) is 0 Å². The summed E-state index contributed by atoms with van der Waals surface area (Å²) in [5, 5.41) is 8.64. The van der Waals surface area contributed by atoms with Crippen LogP contribution in [0.25, 0.3) is 0 Å². The first-order valence-electron chi connectivity index (χ1n) is 5.10. The van der Waals surface area contributed by atoms with Gasteiger partial charge < -0.3 is 5.11 Å². The van der Waals surface area contributed by atoms with E-state index in [1.807, 2.05) is 4.72 Å². The van der Waals surface area contributed by atoms with Crippen molar-refractivity contribution in [2.75, 3.05) is 0 Å². The number of carboxylic acid groups (broad SMARTS) is 1. The molecule has 0 radical (unpaired) electrons. The summed E-state index contributed by atoms with van der Waals surface area (Å²) in [5.41, 5.74) is 0.389. The van der Waals surface area contributed by atoms with Gasteiger partial charge in [-0.1, -0.05) is 12.1 Å².